The highest BCUT2D eigenvalue weighted by molar-refractivity contribution is 7.08. The van der Waals surface area contributed by atoms with Crippen molar-refractivity contribution in [1.82, 2.24) is 4.90 Å². The summed E-state index contributed by atoms with van der Waals surface area (Å²) >= 11 is 1.63. The topological polar surface area (TPSA) is 38.8 Å². The van der Waals surface area contributed by atoms with E-state index in [0.717, 1.165) is 38.0 Å². The number of piperidine rings is 1. The van der Waals surface area contributed by atoms with Crippen LogP contribution < -0.4 is 0 Å². The number of rotatable bonds is 2. The smallest absolute Gasteiger partial charge is 0.246 e. The van der Waals surface area contributed by atoms with Gasteiger partial charge in [0, 0.05) is 32.0 Å². The third-order valence-electron chi connectivity index (χ3n) is 3.82. The van der Waals surface area contributed by atoms with E-state index in [-0.39, 0.29) is 5.91 Å². The number of likely N-dealkylation sites (tertiary alicyclic amines) is 1. The maximum absolute atomic E-state index is 12.1. The summed E-state index contributed by atoms with van der Waals surface area (Å²) < 4.78 is 11.6. The Bertz CT molecular complexity index is 467. The summed E-state index contributed by atoms with van der Waals surface area (Å²) in [7, 11) is 0. The molecule has 2 aliphatic heterocycles. The third kappa shape index (κ3) is 3.11. The lowest BCUT2D eigenvalue weighted by molar-refractivity contribution is -0.282. The van der Waals surface area contributed by atoms with Gasteiger partial charge in [-0.3, -0.25) is 4.79 Å². The van der Waals surface area contributed by atoms with Crippen molar-refractivity contribution in [3.63, 3.8) is 0 Å². The number of nitrogens with zero attached hydrogens (tertiary/aromatic N) is 1. The number of hydrogen-bond donors (Lipinski definition) is 0. The lowest BCUT2D eigenvalue weighted by Gasteiger charge is -2.43. The van der Waals surface area contributed by atoms with Crippen molar-refractivity contribution < 1.29 is 14.3 Å². The van der Waals surface area contributed by atoms with E-state index in [1.807, 2.05) is 27.8 Å². The molecule has 0 aliphatic carbocycles. The first kappa shape index (κ1) is 13.8. The molecule has 2 aliphatic rings. The standard InChI is InChI=1S/C15H19NO3S/c17-14(3-2-13-4-11-20-12-13)16-7-5-15(6-8-16)18-9-1-10-19-15/h2-4,11-12H,1,5-10H2/b3-2+. The van der Waals surface area contributed by atoms with Crippen LogP contribution in [0.5, 0.6) is 0 Å². The van der Waals surface area contributed by atoms with Crippen LogP contribution in [0.4, 0.5) is 0 Å². The Kier molecular flexibility index (Phi) is 4.19. The predicted molar refractivity (Wildman–Crippen MR) is 78.4 cm³/mol. The highest BCUT2D eigenvalue weighted by Crippen LogP contribution is 2.30. The van der Waals surface area contributed by atoms with Gasteiger partial charge in [-0.15, -0.1) is 0 Å². The zero-order chi connectivity index (χ0) is 13.8. The molecule has 1 aromatic heterocycles. The van der Waals surface area contributed by atoms with E-state index in [9.17, 15) is 4.79 Å². The second-order valence-electron chi connectivity index (χ2n) is 5.18. The van der Waals surface area contributed by atoms with Gasteiger partial charge >= 0.3 is 0 Å². The number of thiophene rings is 1. The first-order chi connectivity index (χ1) is 9.77. The van der Waals surface area contributed by atoms with Crippen molar-refractivity contribution in [2.45, 2.75) is 25.0 Å². The fourth-order valence-corrected chi connectivity index (χ4v) is 3.24. The van der Waals surface area contributed by atoms with Crippen LogP contribution in [0.25, 0.3) is 6.08 Å². The zero-order valence-electron chi connectivity index (χ0n) is 11.4. The summed E-state index contributed by atoms with van der Waals surface area (Å²) in [5, 5.41) is 4.03. The van der Waals surface area contributed by atoms with Gasteiger partial charge in [-0.05, 0) is 34.9 Å². The molecular weight excluding hydrogens is 274 g/mol. The summed E-state index contributed by atoms with van der Waals surface area (Å²) in [4.78, 5) is 14.0. The van der Waals surface area contributed by atoms with Gasteiger partial charge in [0.1, 0.15) is 0 Å². The van der Waals surface area contributed by atoms with Gasteiger partial charge in [0.2, 0.25) is 5.91 Å². The fourth-order valence-electron chi connectivity index (χ4n) is 2.62. The third-order valence-corrected chi connectivity index (χ3v) is 4.52. The molecule has 0 unspecified atom stereocenters. The zero-order valence-corrected chi connectivity index (χ0v) is 12.2. The van der Waals surface area contributed by atoms with Crippen LogP contribution >= 0.6 is 11.3 Å². The second-order valence-corrected chi connectivity index (χ2v) is 5.96. The Morgan fingerprint density at radius 3 is 2.70 bits per heavy atom. The van der Waals surface area contributed by atoms with Crippen LogP contribution in [0.2, 0.25) is 0 Å². The highest BCUT2D eigenvalue weighted by Gasteiger charge is 2.38. The first-order valence-electron chi connectivity index (χ1n) is 7.05. The van der Waals surface area contributed by atoms with Crippen molar-refractivity contribution in [2.24, 2.45) is 0 Å². The maximum atomic E-state index is 12.1. The highest BCUT2D eigenvalue weighted by atomic mass is 32.1. The minimum atomic E-state index is -0.425. The molecule has 0 aromatic carbocycles. The molecule has 1 spiro atoms. The Morgan fingerprint density at radius 1 is 1.30 bits per heavy atom. The molecule has 0 N–H and O–H groups in total. The Balaban J connectivity index is 1.53. The number of hydrogen-bond acceptors (Lipinski definition) is 4. The molecule has 5 heteroatoms. The van der Waals surface area contributed by atoms with Gasteiger partial charge in [0.15, 0.2) is 5.79 Å². The first-order valence-corrected chi connectivity index (χ1v) is 7.99. The van der Waals surface area contributed by atoms with Crippen LogP contribution in [0.3, 0.4) is 0 Å². The summed E-state index contributed by atoms with van der Waals surface area (Å²) in [5.74, 6) is -0.353. The van der Waals surface area contributed by atoms with E-state index >= 15 is 0 Å². The van der Waals surface area contributed by atoms with Crippen LogP contribution in [0.15, 0.2) is 22.9 Å². The minimum absolute atomic E-state index is 0.0712. The molecule has 0 atom stereocenters. The van der Waals surface area contributed by atoms with E-state index in [1.165, 1.54) is 0 Å². The molecule has 20 heavy (non-hydrogen) atoms. The van der Waals surface area contributed by atoms with Crippen molar-refractivity contribution in [2.75, 3.05) is 26.3 Å². The monoisotopic (exact) mass is 293 g/mol. The molecule has 3 rings (SSSR count). The second kappa shape index (κ2) is 6.08. The van der Waals surface area contributed by atoms with Crippen molar-refractivity contribution >= 4 is 23.3 Å². The summed E-state index contributed by atoms with van der Waals surface area (Å²) in [6.07, 6.45) is 6.03. The minimum Gasteiger partial charge on any atom is -0.350 e. The molecule has 1 aromatic rings. The number of amides is 1. The maximum Gasteiger partial charge on any atom is 0.246 e. The van der Waals surface area contributed by atoms with E-state index in [2.05, 4.69) is 0 Å². The predicted octanol–water partition coefficient (Wildman–Crippen LogP) is 2.52. The van der Waals surface area contributed by atoms with Crippen molar-refractivity contribution in [1.29, 1.82) is 0 Å². The molecule has 0 saturated carbocycles. The molecule has 2 fully saturated rings. The van der Waals surface area contributed by atoms with E-state index in [1.54, 1.807) is 17.4 Å². The summed E-state index contributed by atoms with van der Waals surface area (Å²) in [5.41, 5.74) is 1.08. The lowest BCUT2D eigenvalue weighted by Crippen LogP contribution is -2.51. The molecular formula is C15H19NO3S. The van der Waals surface area contributed by atoms with E-state index < -0.39 is 5.79 Å². The Labute approximate surface area is 123 Å². The molecule has 2 saturated heterocycles. The number of ether oxygens (including phenoxy) is 2. The van der Waals surface area contributed by atoms with Gasteiger partial charge in [0.05, 0.1) is 13.2 Å². The van der Waals surface area contributed by atoms with Crippen LogP contribution in [-0.4, -0.2) is 42.9 Å². The SMILES string of the molecule is O=C(/C=C/c1ccsc1)N1CCC2(CC1)OCCCO2. The summed E-state index contributed by atoms with van der Waals surface area (Å²) in [6, 6.07) is 2.00. The summed E-state index contributed by atoms with van der Waals surface area (Å²) in [6.45, 7) is 2.94. The van der Waals surface area contributed by atoms with Crippen LogP contribution in [0.1, 0.15) is 24.8 Å². The quantitative estimate of drug-likeness (QED) is 0.787. The Hall–Kier alpha value is -1.17. The van der Waals surface area contributed by atoms with Gasteiger partial charge in [-0.25, -0.2) is 0 Å². The molecule has 108 valence electrons. The van der Waals surface area contributed by atoms with Gasteiger partial charge < -0.3 is 14.4 Å². The lowest BCUT2D eigenvalue weighted by atomic mass is 10.0. The van der Waals surface area contributed by atoms with Crippen LogP contribution in [0, 0.1) is 0 Å². The number of carbonyl (C=O) groups is 1. The van der Waals surface area contributed by atoms with E-state index in [0.29, 0.717) is 13.1 Å². The van der Waals surface area contributed by atoms with Crippen molar-refractivity contribution in [3.8, 4) is 0 Å². The molecule has 0 bridgehead atoms. The van der Waals surface area contributed by atoms with Gasteiger partial charge in [-0.2, -0.15) is 11.3 Å². The van der Waals surface area contributed by atoms with Gasteiger partial charge in [0.25, 0.3) is 0 Å². The molecule has 3 heterocycles. The average Bonchev–Trinajstić information content (AvgIpc) is 3.00. The van der Waals surface area contributed by atoms with Crippen LogP contribution in [-0.2, 0) is 14.3 Å². The van der Waals surface area contributed by atoms with E-state index in [4.69, 9.17) is 9.47 Å². The molecule has 1 amide bonds. The van der Waals surface area contributed by atoms with Crippen molar-refractivity contribution in [3.05, 3.63) is 28.5 Å². The average molecular weight is 293 g/mol. The largest absolute Gasteiger partial charge is 0.350 e. The fraction of sp³-hybridized carbons (Fsp3) is 0.533. The molecule has 4 nitrogen and oxygen atoms in total. The van der Waals surface area contributed by atoms with Gasteiger partial charge in [-0.1, -0.05) is 0 Å². The molecule has 0 radical (unpaired) electrons. The number of carbonyl (C=O) groups excluding carboxylic acids is 1. The normalized spacial score (nSPS) is 22.5. The Morgan fingerprint density at radius 2 is 2.05 bits per heavy atom.